The topological polar surface area (TPSA) is 141 Å². The molecule has 0 saturated heterocycles. The van der Waals surface area contributed by atoms with E-state index >= 15 is 0 Å². The van der Waals surface area contributed by atoms with Crippen molar-refractivity contribution in [3.05, 3.63) is 0 Å². The van der Waals surface area contributed by atoms with Crippen molar-refractivity contribution >= 4 is 11.8 Å². The van der Waals surface area contributed by atoms with Gasteiger partial charge in [0.05, 0.1) is 12.7 Å². The van der Waals surface area contributed by atoms with Gasteiger partial charge in [0.2, 0.25) is 5.78 Å². The largest absolute Gasteiger partial charge is 0.476 e. The minimum Gasteiger partial charge on any atom is -0.476 e. The summed E-state index contributed by atoms with van der Waals surface area (Å²) in [5, 5.41) is 35.0. The van der Waals surface area contributed by atoms with E-state index < -0.39 is 43.0 Å². The Kier molecular flexibility index (Phi) is 4.47. The van der Waals surface area contributed by atoms with Crippen LogP contribution in [0.3, 0.4) is 0 Å². The first-order valence-electron chi connectivity index (χ1n) is 4.34. The van der Waals surface area contributed by atoms with Crippen LogP contribution in [0.5, 0.6) is 0 Å². The molecular formula is C7H13NO6. The molecule has 0 aliphatic rings. The molecule has 0 aromatic heterocycles. The number of aliphatic hydroxyl groups is 3. The fourth-order valence-electron chi connectivity index (χ4n) is 0.784. The van der Waals surface area contributed by atoms with Crippen molar-refractivity contribution in [1.29, 1.82) is 0 Å². The van der Waals surface area contributed by atoms with Crippen LogP contribution in [0.15, 0.2) is 0 Å². The lowest BCUT2D eigenvalue weighted by molar-refractivity contribution is -0.149. The van der Waals surface area contributed by atoms with Crippen LogP contribution >= 0.6 is 0 Å². The van der Waals surface area contributed by atoms with E-state index in [1.54, 1.807) is 5.73 Å². The summed E-state index contributed by atoms with van der Waals surface area (Å²) >= 11 is 0. The highest BCUT2D eigenvalue weighted by Gasteiger charge is 2.26. The van der Waals surface area contributed by atoms with E-state index in [9.17, 15) is 14.7 Å². The Labute approximate surface area is 81.2 Å². The third-order valence-electron chi connectivity index (χ3n) is 1.64. The van der Waals surface area contributed by atoms with Crippen LogP contribution < -0.4 is 5.73 Å². The van der Waals surface area contributed by atoms with E-state index in [0.29, 0.717) is 0 Å². The van der Waals surface area contributed by atoms with E-state index in [-0.39, 0.29) is 0 Å². The van der Waals surface area contributed by atoms with E-state index in [1.807, 2.05) is 0 Å². The zero-order chi connectivity index (χ0) is 12.0. The second-order valence-corrected chi connectivity index (χ2v) is 2.78. The first kappa shape index (κ1) is 11.1. The first-order valence-corrected chi connectivity index (χ1v) is 3.84. The summed E-state index contributed by atoms with van der Waals surface area (Å²) in [6.45, 7) is -0.749. The van der Waals surface area contributed by atoms with E-state index in [2.05, 4.69) is 0 Å². The molecule has 0 rings (SSSR count). The van der Waals surface area contributed by atoms with Crippen LogP contribution in [0.1, 0.15) is 6.42 Å². The van der Waals surface area contributed by atoms with Gasteiger partial charge in [0, 0.05) is 12.5 Å². The predicted octanol–water partition coefficient (Wildman–Crippen LogP) is -2.93. The highest BCUT2D eigenvalue weighted by Crippen LogP contribution is 2.02. The van der Waals surface area contributed by atoms with Gasteiger partial charge in [0.1, 0.15) is 7.52 Å². The molecule has 0 aliphatic heterocycles. The molecule has 0 amide bonds. The van der Waals surface area contributed by atoms with Gasteiger partial charge in [0.15, 0.2) is 0 Å². The molecule has 0 saturated carbocycles. The summed E-state index contributed by atoms with van der Waals surface area (Å²) in [6.07, 6.45) is -3.76. The Morgan fingerprint density at radius 2 is 2.00 bits per heavy atom. The lowest BCUT2D eigenvalue weighted by Gasteiger charge is -2.21. The van der Waals surface area contributed by atoms with Crippen molar-refractivity contribution < 1.29 is 31.4 Å². The van der Waals surface area contributed by atoms with Gasteiger partial charge in [-0.05, 0) is 0 Å². The van der Waals surface area contributed by atoms with E-state index in [1.165, 1.54) is 0 Å². The molecule has 82 valence electrons. The normalized spacial score (nSPS) is 18.1. The number of aliphatic hydroxyl groups excluding tert-OH is 3. The number of Topliss-reactive ketones (excluding diaryl/α,β-unsaturated/α-hetero) is 1. The van der Waals surface area contributed by atoms with Gasteiger partial charge < -0.3 is 26.2 Å². The SMILES string of the molecule is [2H]N[C@H](CC(=O)C(=O)O)[C@H](O)[C@H](O)CO. The molecule has 0 aliphatic carbocycles. The number of carboxylic acid groups (broad SMARTS) is 1. The zero-order valence-corrected chi connectivity index (χ0v) is 7.25. The van der Waals surface area contributed by atoms with Crippen molar-refractivity contribution in [3.8, 4) is 0 Å². The monoisotopic (exact) mass is 208 g/mol. The molecule has 0 bridgehead atoms. The first-order chi connectivity index (χ1) is 6.93. The van der Waals surface area contributed by atoms with Crippen LogP contribution in [0.4, 0.5) is 0 Å². The Bertz CT molecular complexity index is 236. The highest BCUT2D eigenvalue weighted by molar-refractivity contribution is 6.32. The van der Waals surface area contributed by atoms with Gasteiger partial charge in [-0.3, -0.25) is 4.79 Å². The van der Waals surface area contributed by atoms with Crippen molar-refractivity contribution in [2.75, 3.05) is 6.61 Å². The van der Waals surface area contributed by atoms with Gasteiger partial charge in [0.25, 0.3) is 0 Å². The van der Waals surface area contributed by atoms with Gasteiger partial charge in [-0.15, -0.1) is 0 Å². The number of carbonyl (C=O) groups excluding carboxylic acids is 1. The smallest absolute Gasteiger partial charge is 0.372 e. The summed E-state index contributed by atoms with van der Waals surface area (Å²) in [6, 6.07) is -1.24. The lowest BCUT2D eigenvalue weighted by Crippen LogP contribution is -2.46. The minimum atomic E-state index is -1.68. The fraction of sp³-hybridized carbons (Fsp3) is 0.714. The van der Waals surface area contributed by atoms with Crippen molar-refractivity contribution in [1.82, 2.24) is 0 Å². The van der Waals surface area contributed by atoms with Crippen LogP contribution in [-0.2, 0) is 9.59 Å². The number of nitrogens with two attached hydrogens (primary N) is 1. The summed E-state index contributed by atoms with van der Waals surface area (Å²) in [7, 11) is 0. The van der Waals surface area contributed by atoms with Gasteiger partial charge >= 0.3 is 5.97 Å². The molecule has 0 spiro atoms. The number of carbonyl (C=O) groups is 2. The van der Waals surface area contributed by atoms with Crippen molar-refractivity contribution in [2.45, 2.75) is 24.7 Å². The van der Waals surface area contributed by atoms with E-state index in [0.717, 1.165) is 0 Å². The predicted molar refractivity (Wildman–Crippen MR) is 44.3 cm³/mol. The molecule has 7 nitrogen and oxygen atoms in total. The molecule has 0 fully saturated rings. The average Bonchev–Trinajstić information content (AvgIpc) is 2.23. The second-order valence-electron chi connectivity index (χ2n) is 2.78. The van der Waals surface area contributed by atoms with Gasteiger partial charge in [-0.1, -0.05) is 0 Å². The van der Waals surface area contributed by atoms with Crippen molar-refractivity contribution in [2.24, 2.45) is 5.73 Å². The molecular weight excluding hydrogens is 194 g/mol. The molecule has 0 radical (unpaired) electrons. The Morgan fingerprint density at radius 1 is 1.43 bits per heavy atom. The quantitative estimate of drug-likeness (QED) is 0.282. The van der Waals surface area contributed by atoms with Crippen LogP contribution in [0.25, 0.3) is 0 Å². The third kappa shape index (κ3) is 3.79. The molecule has 3 atom stereocenters. The number of hydrogen-bond donors (Lipinski definition) is 5. The number of aliphatic carboxylic acids is 1. The number of rotatable bonds is 7. The summed E-state index contributed by atoms with van der Waals surface area (Å²) in [5.74, 6) is -2.87. The van der Waals surface area contributed by atoms with Gasteiger partial charge in [-0.25, -0.2) is 4.79 Å². The van der Waals surface area contributed by atoms with Gasteiger partial charge in [-0.2, -0.15) is 0 Å². The summed E-state index contributed by atoms with van der Waals surface area (Å²) in [4.78, 5) is 20.9. The number of hydrogen-bond acceptors (Lipinski definition) is 6. The minimum absolute atomic E-state index is 0.642. The summed E-state index contributed by atoms with van der Waals surface area (Å²) in [5.41, 5.74) is 1.75. The molecule has 0 unspecified atom stereocenters. The zero-order valence-electron chi connectivity index (χ0n) is 8.25. The standard InChI is InChI=1S/C7H13NO6/c8-3(1-4(10)7(13)14)6(12)5(11)2-9/h3,5-6,9,11-12H,1-2,8H2,(H,13,14)/t3-,5-,6+/m1/s1/i/hD. The lowest BCUT2D eigenvalue weighted by atomic mass is 10.0. The van der Waals surface area contributed by atoms with E-state index in [4.69, 9.17) is 16.7 Å². The van der Waals surface area contributed by atoms with Crippen LogP contribution in [-0.4, -0.2) is 57.0 Å². The highest BCUT2D eigenvalue weighted by atomic mass is 16.4. The maximum Gasteiger partial charge on any atom is 0.372 e. The van der Waals surface area contributed by atoms with Crippen LogP contribution in [0.2, 0.25) is 1.41 Å². The Hall–Kier alpha value is -1.02. The number of ketones is 1. The average molecular weight is 208 g/mol. The second kappa shape index (κ2) is 5.66. The van der Waals surface area contributed by atoms with Crippen molar-refractivity contribution in [3.63, 3.8) is 0 Å². The molecule has 0 aromatic rings. The Balaban J connectivity index is 4.36. The van der Waals surface area contributed by atoms with Crippen LogP contribution in [0, 0.1) is 0 Å². The molecule has 14 heavy (non-hydrogen) atoms. The fourth-order valence-corrected chi connectivity index (χ4v) is 0.784. The molecule has 0 heterocycles. The Morgan fingerprint density at radius 3 is 2.36 bits per heavy atom. The molecule has 7 heteroatoms. The number of carboxylic acids is 1. The maximum absolute atomic E-state index is 10.7. The summed E-state index contributed by atoms with van der Waals surface area (Å²) < 4.78 is 6.75. The third-order valence-corrected chi connectivity index (χ3v) is 1.64. The molecule has 6 N–H and O–H groups in total. The maximum atomic E-state index is 10.7. The molecule has 0 aromatic carbocycles.